The summed E-state index contributed by atoms with van der Waals surface area (Å²) in [6.45, 7) is 0. The summed E-state index contributed by atoms with van der Waals surface area (Å²) in [6, 6.07) is 7.73. The summed E-state index contributed by atoms with van der Waals surface area (Å²) in [5.41, 5.74) is 1.16. The Hall–Kier alpha value is -3.29. The molecule has 1 N–H and O–H groups in total. The highest BCUT2D eigenvalue weighted by molar-refractivity contribution is 6.04. The van der Waals surface area contributed by atoms with E-state index in [1.165, 1.54) is 29.6 Å². The van der Waals surface area contributed by atoms with Crippen molar-refractivity contribution < 1.29 is 9.18 Å². The van der Waals surface area contributed by atoms with Gasteiger partial charge in [-0.2, -0.15) is 5.10 Å². The van der Waals surface area contributed by atoms with Gasteiger partial charge in [0.1, 0.15) is 18.5 Å². The summed E-state index contributed by atoms with van der Waals surface area (Å²) >= 11 is 0. The van der Waals surface area contributed by atoms with E-state index < -0.39 is 11.7 Å². The summed E-state index contributed by atoms with van der Waals surface area (Å²) < 4.78 is 15.5. The van der Waals surface area contributed by atoms with Gasteiger partial charge >= 0.3 is 0 Å². The number of aromatic nitrogens is 4. The van der Waals surface area contributed by atoms with Crippen LogP contribution in [0.2, 0.25) is 0 Å². The molecule has 0 atom stereocenters. The highest BCUT2D eigenvalue weighted by Crippen LogP contribution is 2.19. The molecule has 0 bridgehead atoms. The summed E-state index contributed by atoms with van der Waals surface area (Å²) in [4.78, 5) is 21.9. The quantitative estimate of drug-likeness (QED) is 0.795. The van der Waals surface area contributed by atoms with Crippen LogP contribution in [0.1, 0.15) is 10.4 Å². The smallest absolute Gasteiger partial charge is 0.255 e. The van der Waals surface area contributed by atoms with Gasteiger partial charge in [0.05, 0.1) is 17.6 Å². The molecular weight excluding hydrogens is 311 g/mol. The highest BCUT2D eigenvalue weighted by atomic mass is 19.1. The van der Waals surface area contributed by atoms with Crippen LogP contribution in [0.15, 0.2) is 49.2 Å². The normalized spacial score (nSPS) is 10.5. The van der Waals surface area contributed by atoms with Gasteiger partial charge in [-0.1, -0.05) is 0 Å². The van der Waals surface area contributed by atoms with Crippen molar-refractivity contribution in [2.24, 2.45) is 0 Å². The summed E-state index contributed by atoms with van der Waals surface area (Å²) in [5, 5.41) is 6.65. The number of hydrogen-bond donors (Lipinski definition) is 1. The number of carbonyl (C=O) groups excluding carboxylic acids is 1. The van der Waals surface area contributed by atoms with Crippen LogP contribution in [0.4, 0.5) is 15.8 Å². The first kappa shape index (κ1) is 15.6. The highest BCUT2D eigenvalue weighted by Gasteiger charge is 2.11. The number of anilines is 2. The molecule has 2 heterocycles. The molecule has 0 unspecified atom stereocenters. The van der Waals surface area contributed by atoms with Gasteiger partial charge in [-0.05, 0) is 30.3 Å². The molecule has 8 heteroatoms. The molecule has 0 fully saturated rings. The zero-order valence-corrected chi connectivity index (χ0v) is 13.1. The zero-order valence-electron chi connectivity index (χ0n) is 13.1. The van der Waals surface area contributed by atoms with Crippen LogP contribution in [0.5, 0.6) is 0 Å². The van der Waals surface area contributed by atoms with E-state index in [4.69, 9.17) is 0 Å². The Morgan fingerprint density at radius 1 is 1.25 bits per heavy atom. The lowest BCUT2D eigenvalue weighted by Crippen LogP contribution is -2.15. The molecule has 0 radical (unpaired) electrons. The largest absolute Gasteiger partial charge is 0.375 e. The van der Waals surface area contributed by atoms with E-state index in [1.807, 2.05) is 0 Å². The fourth-order valence-electron chi connectivity index (χ4n) is 2.14. The molecule has 122 valence electrons. The third-order valence-electron chi connectivity index (χ3n) is 3.35. The number of nitrogens with zero attached hydrogens (tertiary/aromatic N) is 5. The van der Waals surface area contributed by atoms with Gasteiger partial charge in [0.25, 0.3) is 5.91 Å². The van der Waals surface area contributed by atoms with Crippen molar-refractivity contribution in [1.29, 1.82) is 0 Å². The summed E-state index contributed by atoms with van der Waals surface area (Å²) in [7, 11) is 3.47. The minimum Gasteiger partial charge on any atom is -0.375 e. The SMILES string of the molecule is CN(C)c1ccc(C(=O)Nc2ccc(-n3cncn3)nc2)cc1F. The Morgan fingerprint density at radius 2 is 2.08 bits per heavy atom. The third kappa shape index (κ3) is 3.22. The fraction of sp³-hybridized carbons (Fsp3) is 0.125. The zero-order chi connectivity index (χ0) is 17.1. The molecule has 0 spiro atoms. The Labute approximate surface area is 137 Å². The lowest BCUT2D eigenvalue weighted by atomic mass is 10.1. The number of hydrogen-bond acceptors (Lipinski definition) is 5. The maximum absolute atomic E-state index is 14.0. The molecule has 1 amide bonds. The Bertz CT molecular complexity index is 846. The monoisotopic (exact) mass is 326 g/mol. The predicted molar refractivity (Wildman–Crippen MR) is 87.8 cm³/mol. The van der Waals surface area contributed by atoms with Gasteiger partial charge < -0.3 is 10.2 Å². The van der Waals surface area contributed by atoms with Crippen LogP contribution in [0, 0.1) is 5.82 Å². The second-order valence-electron chi connectivity index (χ2n) is 5.26. The second kappa shape index (κ2) is 6.45. The van der Waals surface area contributed by atoms with E-state index in [-0.39, 0.29) is 5.56 Å². The Morgan fingerprint density at radius 3 is 2.67 bits per heavy atom. The molecule has 0 saturated carbocycles. The van der Waals surface area contributed by atoms with Gasteiger partial charge in [-0.3, -0.25) is 4.79 Å². The van der Waals surface area contributed by atoms with Crippen LogP contribution in [-0.2, 0) is 0 Å². The second-order valence-corrected chi connectivity index (χ2v) is 5.26. The predicted octanol–water partition coefficient (Wildman–Crippen LogP) is 2.12. The van der Waals surface area contributed by atoms with Crippen LogP contribution in [0.25, 0.3) is 5.82 Å². The topological polar surface area (TPSA) is 75.9 Å². The minimum absolute atomic E-state index is 0.235. The molecule has 0 aliphatic rings. The van der Waals surface area contributed by atoms with E-state index >= 15 is 0 Å². The van der Waals surface area contributed by atoms with Gasteiger partial charge in [-0.15, -0.1) is 0 Å². The number of halogens is 1. The molecule has 3 aromatic rings. The average Bonchev–Trinajstić information content (AvgIpc) is 3.09. The van der Waals surface area contributed by atoms with Gasteiger partial charge in [0.2, 0.25) is 0 Å². The van der Waals surface area contributed by atoms with E-state index in [0.29, 0.717) is 17.2 Å². The first-order valence-corrected chi connectivity index (χ1v) is 7.14. The van der Waals surface area contributed by atoms with Gasteiger partial charge in [-0.25, -0.2) is 19.0 Å². The van der Waals surface area contributed by atoms with Crippen molar-refractivity contribution in [3.8, 4) is 5.82 Å². The summed E-state index contributed by atoms with van der Waals surface area (Å²) in [6.07, 6.45) is 4.43. The molecule has 1 aromatic carbocycles. The van der Waals surface area contributed by atoms with Crippen molar-refractivity contribution in [3.63, 3.8) is 0 Å². The molecule has 3 rings (SSSR count). The number of nitrogens with one attached hydrogen (secondary N) is 1. The van der Waals surface area contributed by atoms with Crippen LogP contribution >= 0.6 is 0 Å². The Kier molecular flexibility index (Phi) is 4.19. The minimum atomic E-state index is -0.452. The van der Waals surface area contributed by atoms with Crippen molar-refractivity contribution in [2.45, 2.75) is 0 Å². The number of rotatable bonds is 4. The molecule has 0 saturated heterocycles. The van der Waals surface area contributed by atoms with E-state index in [9.17, 15) is 9.18 Å². The first-order chi connectivity index (χ1) is 11.5. The molecule has 0 aliphatic heterocycles. The van der Waals surface area contributed by atoms with Crippen molar-refractivity contribution in [3.05, 3.63) is 60.6 Å². The lowest BCUT2D eigenvalue weighted by Gasteiger charge is -2.14. The molecule has 0 aliphatic carbocycles. The standard InChI is InChI=1S/C16H15FN6O/c1-22(2)14-5-3-11(7-13(14)17)16(24)21-12-4-6-15(19-8-12)23-10-18-9-20-23/h3-10H,1-2H3,(H,21,24). The maximum atomic E-state index is 14.0. The molecular formula is C16H15FN6O. The van der Waals surface area contributed by atoms with E-state index in [0.717, 1.165) is 0 Å². The van der Waals surface area contributed by atoms with Crippen LogP contribution < -0.4 is 10.2 Å². The van der Waals surface area contributed by atoms with Crippen molar-refractivity contribution >= 4 is 17.3 Å². The van der Waals surface area contributed by atoms with Crippen LogP contribution in [-0.4, -0.2) is 39.8 Å². The van der Waals surface area contributed by atoms with Crippen molar-refractivity contribution in [1.82, 2.24) is 19.7 Å². The molecule has 7 nitrogen and oxygen atoms in total. The molecule has 2 aromatic heterocycles. The fourth-order valence-corrected chi connectivity index (χ4v) is 2.14. The lowest BCUT2D eigenvalue weighted by molar-refractivity contribution is 0.102. The van der Waals surface area contributed by atoms with Gasteiger partial charge in [0, 0.05) is 19.7 Å². The Balaban J connectivity index is 1.74. The number of pyridine rings is 1. The number of benzene rings is 1. The number of carbonyl (C=O) groups is 1. The molecule has 24 heavy (non-hydrogen) atoms. The third-order valence-corrected chi connectivity index (χ3v) is 3.35. The first-order valence-electron chi connectivity index (χ1n) is 7.14. The maximum Gasteiger partial charge on any atom is 0.255 e. The number of amides is 1. The van der Waals surface area contributed by atoms with E-state index in [1.54, 1.807) is 43.3 Å². The van der Waals surface area contributed by atoms with Crippen LogP contribution in [0.3, 0.4) is 0 Å². The van der Waals surface area contributed by atoms with E-state index in [2.05, 4.69) is 20.4 Å². The summed E-state index contributed by atoms with van der Waals surface area (Å²) in [5.74, 6) is -0.284. The average molecular weight is 326 g/mol. The van der Waals surface area contributed by atoms with Gasteiger partial charge in [0.15, 0.2) is 5.82 Å². The van der Waals surface area contributed by atoms with Crippen molar-refractivity contribution in [2.75, 3.05) is 24.3 Å².